The van der Waals surface area contributed by atoms with E-state index < -0.39 is 0 Å². The van der Waals surface area contributed by atoms with Gasteiger partial charge >= 0.3 is 0 Å². The second kappa shape index (κ2) is 8.38. The molecule has 1 N–H and O–H groups in total. The first-order valence-corrected chi connectivity index (χ1v) is 9.24. The van der Waals surface area contributed by atoms with Gasteiger partial charge in [0.2, 0.25) is 0 Å². The molecule has 0 bridgehead atoms. The van der Waals surface area contributed by atoms with Gasteiger partial charge in [0.25, 0.3) is 0 Å². The van der Waals surface area contributed by atoms with Gasteiger partial charge in [-0.15, -0.1) is 0 Å². The van der Waals surface area contributed by atoms with Crippen molar-refractivity contribution in [3.05, 3.63) is 0 Å². The van der Waals surface area contributed by atoms with Gasteiger partial charge < -0.3 is 5.32 Å². The van der Waals surface area contributed by atoms with Gasteiger partial charge in [0.15, 0.2) is 0 Å². The summed E-state index contributed by atoms with van der Waals surface area (Å²) < 4.78 is 0. The lowest BCUT2D eigenvalue weighted by Gasteiger charge is -2.35. The predicted octanol–water partition coefficient (Wildman–Crippen LogP) is 4.20. The smallest absolute Gasteiger partial charge is 0.00928 e. The number of unbranched alkanes of at least 4 members (excludes halogenated alkanes) is 4. The number of nitrogens with zero attached hydrogens (tertiary/aromatic N) is 1. The van der Waals surface area contributed by atoms with Crippen molar-refractivity contribution >= 4 is 0 Å². The number of piperidine rings is 1. The van der Waals surface area contributed by atoms with Crippen LogP contribution in [0.2, 0.25) is 0 Å². The molecule has 0 aromatic heterocycles. The molecular weight excluding hydrogens is 244 g/mol. The average molecular weight is 280 g/mol. The maximum atomic E-state index is 3.63. The molecule has 2 saturated heterocycles. The molecule has 0 amide bonds. The fourth-order valence-corrected chi connectivity index (χ4v) is 4.29. The molecule has 0 aliphatic carbocycles. The summed E-state index contributed by atoms with van der Waals surface area (Å²) in [7, 11) is 0. The third-order valence-electron chi connectivity index (χ3n) is 5.66. The SMILES string of the molecule is CCCCCCCC(CC)N1CCC2(CCCNC2)C1. The summed E-state index contributed by atoms with van der Waals surface area (Å²) in [5.41, 5.74) is 0.633. The highest BCUT2D eigenvalue weighted by Crippen LogP contribution is 2.38. The van der Waals surface area contributed by atoms with Gasteiger partial charge in [0, 0.05) is 19.1 Å². The van der Waals surface area contributed by atoms with E-state index in [0.717, 1.165) is 6.04 Å². The van der Waals surface area contributed by atoms with Gasteiger partial charge in [-0.3, -0.25) is 4.90 Å². The summed E-state index contributed by atoms with van der Waals surface area (Å²) >= 11 is 0. The molecule has 0 saturated carbocycles. The highest BCUT2D eigenvalue weighted by Gasteiger charge is 2.40. The number of hydrogen-bond donors (Lipinski definition) is 1. The van der Waals surface area contributed by atoms with E-state index in [1.807, 2.05) is 0 Å². The van der Waals surface area contributed by atoms with Crippen molar-refractivity contribution in [3.8, 4) is 0 Å². The van der Waals surface area contributed by atoms with Gasteiger partial charge in [0.05, 0.1) is 0 Å². The Bertz CT molecular complexity index is 258. The maximum Gasteiger partial charge on any atom is 0.00928 e. The molecule has 2 heteroatoms. The van der Waals surface area contributed by atoms with E-state index in [9.17, 15) is 0 Å². The molecule has 0 aromatic carbocycles. The van der Waals surface area contributed by atoms with Crippen LogP contribution >= 0.6 is 0 Å². The summed E-state index contributed by atoms with van der Waals surface area (Å²) in [5, 5.41) is 3.63. The molecule has 1 spiro atoms. The quantitative estimate of drug-likeness (QED) is 0.670. The van der Waals surface area contributed by atoms with E-state index in [2.05, 4.69) is 24.1 Å². The third-order valence-corrected chi connectivity index (χ3v) is 5.66. The van der Waals surface area contributed by atoms with Crippen LogP contribution in [-0.2, 0) is 0 Å². The minimum absolute atomic E-state index is 0.633. The molecule has 2 unspecified atom stereocenters. The Morgan fingerprint density at radius 2 is 1.95 bits per heavy atom. The van der Waals surface area contributed by atoms with Crippen LogP contribution in [0, 0.1) is 5.41 Å². The Hall–Kier alpha value is -0.0800. The molecule has 20 heavy (non-hydrogen) atoms. The van der Waals surface area contributed by atoms with Gasteiger partial charge in [-0.1, -0.05) is 46.0 Å². The van der Waals surface area contributed by atoms with Gasteiger partial charge in [-0.05, 0) is 50.6 Å². The Morgan fingerprint density at radius 3 is 2.65 bits per heavy atom. The van der Waals surface area contributed by atoms with Gasteiger partial charge in [-0.25, -0.2) is 0 Å². The highest BCUT2D eigenvalue weighted by molar-refractivity contribution is 4.95. The molecule has 2 nitrogen and oxygen atoms in total. The fourth-order valence-electron chi connectivity index (χ4n) is 4.29. The topological polar surface area (TPSA) is 15.3 Å². The van der Waals surface area contributed by atoms with E-state index in [-0.39, 0.29) is 0 Å². The van der Waals surface area contributed by atoms with Crippen LogP contribution in [-0.4, -0.2) is 37.1 Å². The first-order valence-electron chi connectivity index (χ1n) is 9.24. The Balaban J connectivity index is 1.71. The highest BCUT2D eigenvalue weighted by atomic mass is 15.2. The minimum Gasteiger partial charge on any atom is -0.316 e. The van der Waals surface area contributed by atoms with Crippen LogP contribution < -0.4 is 5.32 Å². The van der Waals surface area contributed by atoms with Crippen molar-refractivity contribution in [2.45, 2.75) is 84.1 Å². The molecular formula is C18H36N2. The van der Waals surface area contributed by atoms with Crippen molar-refractivity contribution in [2.24, 2.45) is 5.41 Å². The third kappa shape index (κ3) is 4.46. The van der Waals surface area contributed by atoms with Crippen LogP contribution in [0.3, 0.4) is 0 Å². The maximum absolute atomic E-state index is 3.63. The van der Waals surface area contributed by atoms with Crippen molar-refractivity contribution in [3.63, 3.8) is 0 Å². The van der Waals surface area contributed by atoms with Crippen molar-refractivity contribution in [2.75, 3.05) is 26.2 Å². The van der Waals surface area contributed by atoms with E-state index >= 15 is 0 Å². The van der Waals surface area contributed by atoms with E-state index in [4.69, 9.17) is 0 Å². The van der Waals surface area contributed by atoms with Crippen molar-refractivity contribution in [1.82, 2.24) is 10.2 Å². The molecule has 2 aliphatic heterocycles. The monoisotopic (exact) mass is 280 g/mol. The lowest BCUT2D eigenvalue weighted by molar-refractivity contribution is 0.163. The molecule has 2 heterocycles. The summed E-state index contributed by atoms with van der Waals surface area (Å²) in [5.74, 6) is 0. The Kier molecular flexibility index (Phi) is 6.83. The zero-order valence-electron chi connectivity index (χ0n) is 13.9. The number of likely N-dealkylation sites (tertiary alicyclic amines) is 1. The molecule has 0 radical (unpaired) electrons. The van der Waals surface area contributed by atoms with E-state index in [1.54, 1.807) is 0 Å². The standard InChI is InChI=1S/C18H36N2/c1-3-5-6-7-8-10-17(4-2)20-14-12-18(16-20)11-9-13-19-15-18/h17,19H,3-16H2,1-2H3. The second-order valence-electron chi connectivity index (χ2n) is 7.27. The summed E-state index contributed by atoms with van der Waals surface area (Å²) in [4.78, 5) is 2.83. The number of hydrogen-bond acceptors (Lipinski definition) is 2. The minimum atomic E-state index is 0.633. The van der Waals surface area contributed by atoms with Gasteiger partial charge in [-0.2, -0.15) is 0 Å². The first-order chi connectivity index (χ1) is 9.79. The Labute approximate surface area is 126 Å². The molecule has 0 aromatic rings. The zero-order valence-corrected chi connectivity index (χ0v) is 13.9. The van der Waals surface area contributed by atoms with Crippen LogP contribution in [0.1, 0.15) is 78.1 Å². The van der Waals surface area contributed by atoms with Crippen molar-refractivity contribution < 1.29 is 0 Å². The Morgan fingerprint density at radius 1 is 1.10 bits per heavy atom. The van der Waals surface area contributed by atoms with Crippen LogP contribution in [0.25, 0.3) is 0 Å². The second-order valence-corrected chi connectivity index (χ2v) is 7.27. The molecule has 2 fully saturated rings. The molecule has 118 valence electrons. The lowest BCUT2D eigenvalue weighted by Crippen LogP contribution is -2.43. The van der Waals surface area contributed by atoms with Gasteiger partial charge in [0.1, 0.15) is 0 Å². The predicted molar refractivity (Wildman–Crippen MR) is 88.2 cm³/mol. The van der Waals surface area contributed by atoms with E-state index in [0.29, 0.717) is 5.41 Å². The molecule has 2 aliphatic rings. The fraction of sp³-hybridized carbons (Fsp3) is 1.00. The summed E-state index contributed by atoms with van der Waals surface area (Å²) in [6.45, 7) is 9.94. The average Bonchev–Trinajstić information content (AvgIpc) is 2.87. The number of nitrogens with one attached hydrogen (secondary N) is 1. The number of rotatable bonds is 8. The summed E-state index contributed by atoms with van der Waals surface area (Å²) in [6.07, 6.45) is 14.2. The molecule has 2 atom stereocenters. The normalized spacial score (nSPS) is 29.1. The van der Waals surface area contributed by atoms with Crippen LogP contribution in [0.15, 0.2) is 0 Å². The van der Waals surface area contributed by atoms with E-state index in [1.165, 1.54) is 90.4 Å². The zero-order chi connectivity index (χ0) is 14.3. The summed E-state index contributed by atoms with van der Waals surface area (Å²) in [6, 6.07) is 0.859. The molecule has 2 rings (SSSR count). The van der Waals surface area contributed by atoms with Crippen molar-refractivity contribution in [1.29, 1.82) is 0 Å². The lowest BCUT2D eigenvalue weighted by atomic mass is 9.80. The first kappa shape index (κ1) is 16.3. The van der Waals surface area contributed by atoms with Crippen LogP contribution in [0.4, 0.5) is 0 Å². The largest absolute Gasteiger partial charge is 0.316 e. The van der Waals surface area contributed by atoms with Crippen LogP contribution in [0.5, 0.6) is 0 Å².